The van der Waals surface area contributed by atoms with Crippen molar-refractivity contribution >= 4 is 5.97 Å². The Morgan fingerprint density at radius 3 is 1.86 bits per heavy atom. The average Bonchev–Trinajstić information content (AvgIpc) is 1.73. The number of carbonyl (C=O) groups is 1. The van der Waals surface area contributed by atoms with Crippen LogP contribution in [-0.4, -0.2) is 20.8 Å². The quantitative estimate of drug-likeness (QED) is 0.460. The summed E-state index contributed by atoms with van der Waals surface area (Å²) in [6.45, 7) is -0.278. The molecular weight excluding hydrogens is 177 g/mol. The third kappa shape index (κ3) is 22.2. The molecule has 0 aliphatic rings. The molecule has 0 spiro atoms. The zero-order valence-corrected chi connectivity index (χ0v) is 6.05. The van der Waals surface area contributed by atoms with Crippen molar-refractivity contribution in [3.63, 3.8) is 0 Å². The molecule has 4 nitrogen and oxygen atoms in total. The van der Waals surface area contributed by atoms with E-state index >= 15 is 0 Å². The number of hydrogen-bond donors (Lipinski definition) is 3. The summed E-state index contributed by atoms with van der Waals surface area (Å²) in [5.74, 6) is -0.968. The SMILES string of the molecule is NCC(=O)O.[OH][Zr]. The van der Waals surface area contributed by atoms with Crippen LogP contribution in [0.5, 0.6) is 0 Å². The van der Waals surface area contributed by atoms with Gasteiger partial charge in [0.15, 0.2) is 0 Å². The summed E-state index contributed by atoms with van der Waals surface area (Å²) >= 11 is 0.550. The number of hydrogen-bond acceptors (Lipinski definition) is 3. The Morgan fingerprint density at radius 1 is 1.71 bits per heavy atom. The molecule has 4 N–H and O–H groups in total. The molecule has 0 heterocycles. The maximum atomic E-state index is 9.24. The van der Waals surface area contributed by atoms with Crippen molar-refractivity contribution in [3.05, 3.63) is 0 Å². The van der Waals surface area contributed by atoms with Crippen molar-refractivity contribution in [2.45, 2.75) is 0 Å². The van der Waals surface area contributed by atoms with Gasteiger partial charge < -0.3 is 10.8 Å². The zero-order chi connectivity index (χ0) is 6.28. The second-order valence-corrected chi connectivity index (χ2v) is 0.598. The van der Waals surface area contributed by atoms with Gasteiger partial charge in [-0.2, -0.15) is 0 Å². The van der Waals surface area contributed by atoms with Gasteiger partial charge in [0.2, 0.25) is 0 Å². The van der Waals surface area contributed by atoms with E-state index in [9.17, 15) is 4.79 Å². The summed E-state index contributed by atoms with van der Waals surface area (Å²) in [6, 6.07) is 0. The van der Waals surface area contributed by atoms with Crippen LogP contribution in [0.4, 0.5) is 0 Å². The molecule has 0 radical (unpaired) electrons. The Hall–Kier alpha value is 0.273. The van der Waals surface area contributed by atoms with E-state index in [4.69, 9.17) is 8.29 Å². The second kappa shape index (κ2) is 9.55. The average molecular weight is 183 g/mol. The fourth-order valence-electron chi connectivity index (χ4n) is 0. The third-order valence-corrected chi connectivity index (χ3v) is 0.175. The van der Waals surface area contributed by atoms with Crippen molar-refractivity contribution in [2.75, 3.05) is 6.54 Å². The Balaban J connectivity index is 0. The monoisotopic (exact) mass is 182 g/mol. The van der Waals surface area contributed by atoms with Gasteiger partial charge in [0.25, 0.3) is 0 Å². The topological polar surface area (TPSA) is 83.6 Å². The molecule has 7 heavy (non-hydrogen) atoms. The van der Waals surface area contributed by atoms with Crippen LogP contribution in [0.1, 0.15) is 0 Å². The van der Waals surface area contributed by atoms with Crippen LogP contribution < -0.4 is 5.73 Å². The third-order valence-electron chi connectivity index (χ3n) is 0.175. The summed E-state index contributed by atoms with van der Waals surface area (Å²) in [7, 11) is 0. The van der Waals surface area contributed by atoms with Gasteiger partial charge in [-0.05, 0) is 0 Å². The fourth-order valence-corrected chi connectivity index (χ4v) is 0. The molecule has 0 fully saturated rings. The van der Waals surface area contributed by atoms with Gasteiger partial charge in [0.05, 0.1) is 6.54 Å². The van der Waals surface area contributed by atoms with Crippen molar-refractivity contribution in [1.29, 1.82) is 0 Å². The Bertz CT molecular complexity index is 48.2. The zero-order valence-electron chi connectivity index (χ0n) is 3.59. The van der Waals surface area contributed by atoms with Crippen LogP contribution >= 0.6 is 0 Å². The first kappa shape index (κ1) is 10.3. The standard InChI is InChI=1S/C2H5NO2.H2O.Zr/c3-1-2(4)5;;/h1,3H2,(H,4,5);1H2;/q;;+1/p-1. The van der Waals surface area contributed by atoms with Gasteiger partial charge in [-0.15, -0.1) is 0 Å². The first-order valence-corrected chi connectivity index (χ1v) is 2.51. The van der Waals surface area contributed by atoms with Gasteiger partial charge in [0, 0.05) is 0 Å². The van der Waals surface area contributed by atoms with Crippen molar-refractivity contribution < 1.29 is 38.2 Å². The van der Waals surface area contributed by atoms with Gasteiger partial charge >= 0.3 is 34.3 Å². The molecule has 41 valence electrons. The minimum absolute atomic E-state index is 0.278. The molecule has 0 unspecified atom stereocenters. The summed E-state index contributed by atoms with van der Waals surface area (Å²) in [6.07, 6.45) is 0. The Labute approximate surface area is 56.8 Å². The molecule has 0 bridgehead atoms. The maximum absolute atomic E-state index is 9.24. The van der Waals surface area contributed by atoms with Crippen LogP contribution in [0.15, 0.2) is 0 Å². The van der Waals surface area contributed by atoms with E-state index in [0.29, 0.717) is 25.2 Å². The predicted octanol–water partition coefficient (Wildman–Crippen LogP) is -1.53. The number of carboxylic acids is 1. The summed E-state index contributed by atoms with van der Waals surface area (Å²) in [5, 5.41) is 7.60. The van der Waals surface area contributed by atoms with Gasteiger partial charge in [-0.25, -0.2) is 0 Å². The predicted molar refractivity (Wildman–Crippen MR) is 18.9 cm³/mol. The first-order valence-electron chi connectivity index (χ1n) is 1.41. The Morgan fingerprint density at radius 2 is 1.86 bits per heavy atom. The molecule has 0 aliphatic carbocycles. The van der Waals surface area contributed by atoms with Crippen molar-refractivity contribution in [2.24, 2.45) is 5.73 Å². The Kier molecular flexibility index (Phi) is 14.0. The number of carboxylic acid groups (broad SMARTS) is 1. The minimum atomic E-state index is -0.968. The molecule has 0 aromatic rings. The molecule has 0 amide bonds. The van der Waals surface area contributed by atoms with E-state index in [1.807, 2.05) is 0 Å². The van der Waals surface area contributed by atoms with Crippen LogP contribution in [0.3, 0.4) is 0 Å². The number of aliphatic carboxylic acids is 1. The van der Waals surface area contributed by atoms with E-state index in [0.717, 1.165) is 0 Å². The van der Waals surface area contributed by atoms with Crippen molar-refractivity contribution in [1.82, 2.24) is 0 Å². The molecule has 0 rings (SSSR count). The van der Waals surface area contributed by atoms with Gasteiger partial charge in [-0.3, -0.25) is 4.79 Å². The van der Waals surface area contributed by atoms with Gasteiger partial charge in [0.1, 0.15) is 0 Å². The molecule has 0 atom stereocenters. The van der Waals surface area contributed by atoms with Crippen molar-refractivity contribution in [3.8, 4) is 0 Å². The molecule has 0 aromatic carbocycles. The van der Waals surface area contributed by atoms with Crippen LogP contribution in [0.2, 0.25) is 0 Å². The summed E-state index contributed by atoms with van der Waals surface area (Å²) < 4.78 is 7.09. The fraction of sp³-hybridized carbons (Fsp3) is 0.500. The van der Waals surface area contributed by atoms with E-state index < -0.39 is 5.97 Å². The number of rotatable bonds is 1. The molecule has 5 heteroatoms. The van der Waals surface area contributed by atoms with Gasteiger partial charge in [-0.1, -0.05) is 0 Å². The normalized spacial score (nSPS) is 5.86. The molecule has 0 aliphatic heterocycles. The van der Waals surface area contributed by atoms with Crippen LogP contribution in [0.25, 0.3) is 0 Å². The summed E-state index contributed by atoms with van der Waals surface area (Å²) in [5.41, 5.74) is 4.57. The molecular formula is C2H6NO3Zr. The van der Waals surface area contributed by atoms with Crippen LogP contribution in [0, 0.1) is 0 Å². The van der Waals surface area contributed by atoms with E-state index in [1.165, 1.54) is 0 Å². The van der Waals surface area contributed by atoms with E-state index in [1.54, 1.807) is 0 Å². The van der Waals surface area contributed by atoms with E-state index in [2.05, 4.69) is 5.73 Å². The molecule has 0 saturated carbocycles. The first-order chi connectivity index (χ1) is 3.27. The molecule has 0 saturated heterocycles. The second-order valence-electron chi connectivity index (χ2n) is 0.598. The molecule has 0 aromatic heterocycles. The number of nitrogens with two attached hydrogens (primary N) is 1. The van der Waals surface area contributed by atoms with Crippen LogP contribution in [-0.2, 0) is 30.0 Å². The van der Waals surface area contributed by atoms with E-state index in [-0.39, 0.29) is 6.54 Å². The summed E-state index contributed by atoms with van der Waals surface area (Å²) in [4.78, 5) is 9.24.